The Kier molecular flexibility index (Phi) is 7.33. The molecule has 170 valence electrons. The normalized spacial score (nSPS) is 25.3. The first-order chi connectivity index (χ1) is 14.8. The summed E-state index contributed by atoms with van der Waals surface area (Å²) in [7, 11) is 0. The molecule has 13 heteroatoms. The smallest absolute Gasteiger partial charge is 0.351 e. The molecule has 0 radical (unpaired) electrons. The van der Waals surface area contributed by atoms with Crippen molar-refractivity contribution in [2.75, 3.05) is 24.7 Å². The van der Waals surface area contributed by atoms with Crippen molar-refractivity contribution >= 4 is 11.6 Å². The highest BCUT2D eigenvalue weighted by molar-refractivity contribution is 5.26. The molecule has 4 heterocycles. The zero-order valence-corrected chi connectivity index (χ0v) is 16.6. The van der Waals surface area contributed by atoms with Gasteiger partial charge in [-0.2, -0.15) is 9.97 Å². The van der Waals surface area contributed by atoms with Gasteiger partial charge in [0.1, 0.15) is 18.3 Å². The van der Waals surface area contributed by atoms with Crippen molar-refractivity contribution in [1.82, 2.24) is 19.1 Å². The molecular formula is C18H25FN6O6. The van der Waals surface area contributed by atoms with E-state index in [0.717, 1.165) is 17.2 Å². The summed E-state index contributed by atoms with van der Waals surface area (Å²) in [6.07, 6.45) is 3.77. The maximum absolute atomic E-state index is 13.1. The number of hydrogen-bond acceptors (Lipinski definition) is 10. The highest BCUT2D eigenvalue weighted by Gasteiger charge is 2.28. The Labute approximate surface area is 175 Å². The second kappa shape index (κ2) is 9.96. The third kappa shape index (κ3) is 5.44. The van der Waals surface area contributed by atoms with Crippen LogP contribution in [0.25, 0.3) is 0 Å². The Morgan fingerprint density at radius 1 is 0.968 bits per heavy atom. The number of halogens is 1. The third-order valence-electron chi connectivity index (χ3n) is 4.98. The van der Waals surface area contributed by atoms with Crippen molar-refractivity contribution in [2.24, 2.45) is 0 Å². The van der Waals surface area contributed by atoms with Gasteiger partial charge in [-0.1, -0.05) is 0 Å². The fraction of sp³-hybridized carbons (Fsp3) is 0.556. The summed E-state index contributed by atoms with van der Waals surface area (Å²) in [5, 5.41) is 17.8. The van der Waals surface area contributed by atoms with Crippen LogP contribution in [0.1, 0.15) is 38.1 Å². The summed E-state index contributed by atoms with van der Waals surface area (Å²) in [5.74, 6) is -0.971. The molecule has 12 nitrogen and oxygen atoms in total. The van der Waals surface area contributed by atoms with Crippen LogP contribution in [-0.2, 0) is 9.47 Å². The minimum absolute atomic E-state index is 0.0202. The van der Waals surface area contributed by atoms with E-state index in [4.69, 9.17) is 31.2 Å². The first kappa shape index (κ1) is 22.8. The molecule has 2 aromatic heterocycles. The molecule has 4 atom stereocenters. The molecule has 2 aliphatic heterocycles. The van der Waals surface area contributed by atoms with Gasteiger partial charge in [-0.25, -0.2) is 14.0 Å². The monoisotopic (exact) mass is 440 g/mol. The van der Waals surface area contributed by atoms with Crippen LogP contribution in [0, 0.1) is 5.82 Å². The number of anilines is 2. The zero-order chi connectivity index (χ0) is 22.5. The van der Waals surface area contributed by atoms with Gasteiger partial charge in [-0.05, 0) is 31.7 Å². The predicted octanol–water partition coefficient (Wildman–Crippen LogP) is -0.870. The molecule has 0 unspecified atom stereocenters. The van der Waals surface area contributed by atoms with Gasteiger partial charge in [0, 0.05) is 6.20 Å². The van der Waals surface area contributed by atoms with Crippen LogP contribution >= 0.6 is 0 Å². The lowest BCUT2D eigenvalue weighted by Crippen LogP contribution is -2.28. The summed E-state index contributed by atoms with van der Waals surface area (Å²) in [5.41, 5.74) is 9.47. The van der Waals surface area contributed by atoms with Crippen LogP contribution in [0.15, 0.2) is 28.0 Å². The van der Waals surface area contributed by atoms with Crippen LogP contribution in [-0.4, -0.2) is 54.7 Å². The molecule has 0 bridgehead atoms. The van der Waals surface area contributed by atoms with E-state index in [-0.39, 0.29) is 37.5 Å². The molecule has 0 saturated carbocycles. The molecule has 0 aliphatic carbocycles. The summed E-state index contributed by atoms with van der Waals surface area (Å²) in [6, 6.07) is 1.55. The Bertz CT molecular complexity index is 1010. The van der Waals surface area contributed by atoms with Crippen LogP contribution in [0.5, 0.6) is 0 Å². The van der Waals surface area contributed by atoms with Crippen molar-refractivity contribution in [3.63, 3.8) is 0 Å². The van der Waals surface area contributed by atoms with Crippen LogP contribution in [0.4, 0.5) is 16.0 Å². The molecule has 6 N–H and O–H groups in total. The van der Waals surface area contributed by atoms with E-state index < -0.39 is 29.2 Å². The van der Waals surface area contributed by atoms with Crippen LogP contribution in [0.2, 0.25) is 0 Å². The van der Waals surface area contributed by atoms with Gasteiger partial charge in [0.05, 0.1) is 31.6 Å². The van der Waals surface area contributed by atoms with E-state index in [2.05, 4.69) is 9.97 Å². The molecule has 0 spiro atoms. The number of nitrogen functional groups attached to an aromatic ring is 2. The molecule has 0 aromatic carbocycles. The molecule has 2 fully saturated rings. The number of hydrogen-bond donors (Lipinski definition) is 4. The van der Waals surface area contributed by atoms with E-state index in [9.17, 15) is 14.0 Å². The molecule has 2 aliphatic rings. The van der Waals surface area contributed by atoms with Gasteiger partial charge < -0.3 is 31.2 Å². The Morgan fingerprint density at radius 2 is 1.52 bits per heavy atom. The van der Waals surface area contributed by atoms with Crippen molar-refractivity contribution in [3.8, 4) is 0 Å². The van der Waals surface area contributed by atoms with Crippen molar-refractivity contribution in [2.45, 2.75) is 50.3 Å². The van der Waals surface area contributed by atoms with Gasteiger partial charge in [0.2, 0.25) is 0 Å². The molecule has 2 aromatic rings. The van der Waals surface area contributed by atoms with Gasteiger partial charge in [0.15, 0.2) is 11.6 Å². The average molecular weight is 440 g/mol. The second-order valence-electron chi connectivity index (χ2n) is 7.15. The number of nitrogens with two attached hydrogens (primary N) is 2. The van der Waals surface area contributed by atoms with E-state index in [1.54, 1.807) is 12.3 Å². The van der Waals surface area contributed by atoms with Crippen LogP contribution in [0.3, 0.4) is 0 Å². The first-order valence-electron chi connectivity index (χ1n) is 9.73. The molecule has 4 rings (SSSR count). The standard InChI is InChI=1S/C9H12FN3O3.C9H13N3O3/c10-6-3-13(9(15)12-8(6)11)7-2-1-5(4-14)16-7;10-7-3-4-12(9(14)11-7)8-2-1-6(5-13)15-8/h3,5,7,14H,1-2,4H2,(H2,11,12,15);3-4,6,8,13H,1-2,5H2,(H2,10,11,14)/t5-,7+;6-,8+/m10/s1. The third-order valence-corrected chi connectivity index (χ3v) is 4.98. The predicted molar refractivity (Wildman–Crippen MR) is 106 cm³/mol. The molecule has 31 heavy (non-hydrogen) atoms. The van der Waals surface area contributed by atoms with Gasteiger partial charge in [0.25, 0.3) is 0 Å². The molecular weight excluding hydrogens is 415 g/mol. The number of aromatic nitrogens is 4. The van der Waals surface area contributed by atoms with Crippen molar-refractivity contribution in [3.05, 3.63) is 45.2 Å². The fourth-order valence-corrected chi connectivity index (χ4v) is 3.36. The highest BCUT2D eigenvalue weighted by Crippen LogP contribution is 2.27. The maximum atomic E-state index is 13.1. The number of aliphatic hydroxyl groups is 2. The van der Waals surface area contributed by atoms with Crippen LogP contribution < -0.4 is 22.8 Å². The van der Waals surface area contributed by atoms with Gasteiger partial charge in [-0.3, -0.25) is 9.13 Å². The average Bonchev–Trinajstić information content (AvgIpc) is 3.40. The fourth-order valence-electron chi connectivity index (χ4n) is 3.36. The number of rotatable bonds is 4. The van der Waals surface area contributed by atoms with E-state index in [1.165, 1.54) is 4.57 Å². The van der Waals surface area contributed by atoms with Gasteiger partial charge >= 0.3 is 11.4 Å². The van der Waals surface area contributed by atoms with E-state index in [0.29, 0.717) is 19.3 Å². The van der Waals surface area contributed by atoms with Gasteiger partial charge in [-0.15, -0.1) is 0 Å². The Hall–Kier alpha value is -2.87. The van der Waals surface area contributed by atoms with Crippen molar-refractivity contribution in [1.29, 1.82) is 0 Å². The highest BCUT2D eigenvalue weighted by atomic mass is 19.1. The Morgan fingerprint density at radius 3 is 2.03 bits per heavy atom. The first-order valence-corrected chi connectivity index (χ1v) is 9.73. The minimum atomic E-state index is -0.754. The lowest BCUT2D eigenvalue weighted by Gasteiger charge is -2.14. The number of aliphatic hydroxyl groups excluding tert-OH is 2. The largest absolute Gasteiger partial charge is 0.394 e. The molecule has 2 saturated heterocycles. The summed E-state index contributed by atoms with van der Waals surface area (Å²) in [4.78, 5) is 29.8. The zero-order valence-electron chi connectivity index (χ0n) is 16.6. The SMILES string of the molecule is Nc1ccn([C@H]2CC[C@@H](CO)O2)c(=O)n1.Nc1nc(=O)n([C@@H]2CC[C@H](CO)O2)cc1F. The number of nitrogens with zero attached hydrogens (tertiary/aromatic N) is 4. The maximum Gasteiger partial charge on any atom is 0.351 e. The lowest BCUT2D eigenvalue weighted by molar-refractivity contribution is -0.0249. The quantitative estimate of drug-likeness (QED) is 0.466. The number of ether oxygens (including phenoxy) is 2. The van der Waals surface area contributed by atoms with E-state index in [1.807, 2.05) is 0 Å². The summed E-state index contributed by atoms with van der Waals surface area (Å²) in [6.45, 7) is -0.135. The van der Waals surface area contributed by atoms with Crippen molar-refractivity contribution < 1.29 is 24.1 Å². The molecule has 0 amide bonds. The lowest BCUT2D eigenvalue weighted by atomic mass is 10.2. The second-order valence-corrected chi connectivity index (χ2v) is 7.15. The summed E-state index contributed by atoms with van der Waals surface area (Å²) >= 11 is 0. The van der Waals surface area contributed by atoms with E-state index >= 15 is 0 Å². The minimum Gasteiger partial charge on any atom is -0.394 e. The summed E-state index contributed by atoms with van der Waals surface area (Å²) < 4.78 is 26.4. The Balaban J connectivity index is 0.000000176. The topological polar surface area (TPSA) is 181 Å².